The topological polar surface area (TPSA) is 67.5 Å². The lowest BCUT2D eigenvalue weighted by molar-refractivity contribution is 0.249. The molecule has 0 radical (unpaired) electrons. The molecule has 16 heavy (non-hydrogen) atoms. The zero-order valence-electron chi connectivity index (χ0n) is 9.28. The van der Waals surface area contributed by atoms with Gasteiger partial charge in [0.05, 0.1) is 5.71 Å². The third-order valence-electron chi connectivity index (χ3n) is 3.32. The molecule has 2 aliphatic rings. The number of hydrogen-bond acceptors (Lipinski definition) is 2. The third kappa shape index (κ3) is 2.51. The molecule has 4 heteroatoms. The van der Waals surface area contributed by atoms with Crippen LogP contribution in [-0.4, -0.2) is 11.7 Å². The minimum atomic E-state index is -0.609. The highest BCUT2D eigenvalue weighted by Gasteiger charge is 2.29. The molecule has 1 spiro atoms. The van der Waals surface area contributed by atoms with E-state index in [4.69, 9.17) is 5.73 Å². The number of amides is 2. The van der Waals surface area contributed by atoms with Gasteiger partial charge in [-0.05, 0) is 43.6 Å². The molecule has 0 unspecified atom stereocenters. The van der Waals surface area contributed by atoms with Gasteiger partial charge in [0.15, 0.2) is 0 Å². The Balaban J connectivity index is 2.01. The van der Waals surface area contributed by atoms with Crippen molar-refractivity contribution in [3.05, 3.63) is 24.3 Å². The van der Waals surface area contributed by atoms with Crippen molar-refractivity contribution in [2.45, 2.75) is 32.1 Å². The summed E-state index contributed by atoms with van der Waals surface area (Å²) in [5.74, 6) is 0. The Bertz CT molecular complexity index is 370. The molecule has 0 saturated heterocycles. The zero-order valence-corrected chi connectivity index (χ0v) is 9.28. The summed E-state index contributed by atoms with van der Waals surface area (Å²) in [6.07, 6.45) is 14.3. The molecular formula is C12H17N3O. The van der Waals surface area contributed by atoms with E-state index in [0.717, 1.165) is 31.4 Å². The van der Waals surface area contributed by atoms with Crippen LogP contribution in [0.2, 0.25) is 0 Å². The highest BCUT2D eigenvalue weighted by Crippen LogP contribution is 2.40. The van der Waals surface area contributed by atoms with Crippen LogP contribution < -0.4 is 11.2 Å². The lowest BCUT2D eigenvalue weighted by atomic mass is 9.71. The largest absolute Gasteiger partial charge is 0.350 e. The molecule has 2 aliphatic carbocycles. The monoisotopic (exact) mass is 219 g/mol. The fraction of sp³-hybridized carbons (Fsp3) is 0.500. The van der Waals surface area contributed by atoms with E-state index >= 15 is 0 Å². The molecule has 0 aromatic heterocycles. The number of primary amides is 1. The van der Waals surface area contributed by atoms with Crippen molar-refractivity contribution in [2.24, 2.45) is 16.3 Å². The normalized spacial score (nSPS) is 30.9. The van der Waals surface area contributed by atoms with Gasteiger partial charge in [0.2, 0.25) is 0 Å². The summed E-state index contributed by atoms with van der Waals surface area (Å²) in [5, 5.41) is 3.95. The van der Waals surface area contributed by atoms with Crippen LogP contribution in [0, 0.1) is 5.41 Å². The maximum absolute atomic E-state index is 10.5. The van der Waals surface area contributed by atoms with Crippen LogP contribution in [0.4, 0.5) is 4.79 Å². The van der Waals surface area contributed by atoms with Crippen molar-refractivity contribution in [1.29, 1.82) is 0 Å². The lowest BCUT2D eigenvalue weighted by Gasteiger charge is -2.34. The van der Waals surface area contributed by atoms with Gasteiger partial charge in [-0.3, -0.25) is 0 Å². The van der Waals surface area contributed by atoms with Crippen molar-refractivity contribution in [2.75, 3.05) is 0 Å². The van der Waals surface area contributed by atoms with Crippen LogP contribution >= 0.6 is 0 Å². The van der Waals surface area contributed by atoms with Gasteiger partial charge in [-0.25, -0.2) is 10.2 Å². The summed E-state index contributed by atoms with van der Waals surface area (Å²) in [7, 11) is 0. The summed E-state index contributed by atoms with van der Waals surface area (Å²) < 4.78 is 0. The summed E-state index contributed by atoms with van der Waals surface area (Å²) in [4.78, 5) is 10.5. The molecular weight excluding hydrogens is 202 g/mol. The second-order valence-corrected chi connectivity index (χ2v) is 4.49. The first kappa shape index (κ1) is 10.9. The van der Waals surface area contributed by atoms with Crippen LogP contribution in [0.3, 0.4) is 0 Å². The van der Waals surface area contributed by atoms with E-state index in [1.54, 1.807) is 0 Å². The summed E-state index contributed by atoms with van der Waals surface area (Å²) in [6, 6.07) is -0.609. The fourth-order valence-corrected chi connectivity index (χ4v) is 2.32. The molecule has 0 aromatic rings. The Morgan fingerprint density at radius 1 is 1.44 bits per heavy atom. The SMILES string of the molecule is NC(=O)N/N=C1/C=C[C@]2(CC=CCC2)CC1. The number of nitrogens with zero attached hydrogens (tertiary/aromatic N) is 1. The first-order valence-electron chi connectivity index (χ1n) is 5.66. The fourth-order valence-electron chi connectivity index (χ4n) is 2.32. The number of hydrazone groups is 1. The number of rotatable bonds is 1. The lowest BCUT2D eigenvalue weighted by Crippen LogP contribution is -2.28. The van der Waals surface area contributed by atoms with Gasteiger partial charge >= 0.3 is 6.03 Å². The summed E-state index contributed by atoms with van der Waals surface area (Å²) in [6.45, 7) is 0. The summed E-state index contributed by atoms with van der Waals surface area (Å²) in [5.41, 5.74) is 8.46. The highest BCUT2D eigenvalue weighted by atomic mass is 16.2. The van der Waals surface area contributed by atoms with Crippen LogP contribution in [0.1, 0.15) is 32.1 Å². The van der Waals surface area contributed by atoms with E-state index in [1.165, 1.54) is 6.42 Å². The average molecular weight is 219 g/mol. The molecule has 86 valence electrons. The molecule has 0 bridgehead atoms. The van der Waals surface area contributed by atoms with Crippen LogP contribution in [-0.2, 0) is 0 Å². The first-order valence-corrected chi connectivity index (χ1v) is 5.66. The van der Waals surface area contributed by atoms with Crippen molar-refractivity contribution in [3.8, 4) is 0 Å². The Labute approximate surface area is 95.3 Å². The van der Waals surface area contributed by atoms with Gasteiger partial charge in [-0.1, -0.05) is 18.2 Å². The van der Waals surface area contributed by atoms with Gasteiger partial charge in [0, 0.05) is 0 Å². The van der Waals surface area contributed by atoms with E-state index in [1.807, 2.05) is 6.08 Å². The van der Waals surface area contributed by atoms with Gasteiger partial charge in [-0.15, -0.1) is 0 Å². The van der Waals surface area contributed by atoms with Crippen molar-refractivity contribution in [1.82, 2.24) is 5.43 Å². The molecule has 0 aromatic carbocycles. The van der Waals surface area contributed by atoms with Crippen LogP contribution in [0.15, 0.2) is 29.4 Å². The third-order valence-corrected chi connectivity index (χ3v) is 3.32. The number of nitrogens with one attached hydrogen (secondary N) is 1. The zero-order chi connectivity index (χ0) is 11.4. The molecule has 0 heterocycles. The van der Waals surface area contributed by atoms with Crippen LogP contribution in [0.5, 0.6) is 0 Å². The van der Waals surface area contributed by atoms with Gasteiger partial charge in [-0.2, -0.15) is 5.10 Å². The van der Waals surface area contributed by atoms with Gasteiger partial charge in [0.1, 0.15) is 0 Å². The van der Waals surface area contributed by atoms with E-state index in [2.05, 4.69) is 28.8 Å². The number of allylic oxidation sites excluding steroid dienone is 4. The van der Waals surface area contributed by atoms with Gasteiger partial charge in [0.25, 0.3) is 0 Å². The minimum absolute atomic E-state index is 0.334. The van der Waals surface area contributed by atoms with E-state index in [9.17, 15) is 4.79 Å². The smallest absolute Gasteiger partial charge is 0.332 e. The number of nitrogens with two attached hydrogens (primary N) is 1. The summed E-state index contributed by atoms with van der Waals surface area (Å²) >= 11 is 0. The van der Waals surface area contributed by atoms with Crippen LogP contribution in [0.25, 0.3) is 0 Å². The number of carbonyl (C=O) groups excluding carboxylic acids is 1. The van der Waals surface area contributed by atoms with E-state index < -0.39 is 6.03 Å². The molecule has 0 aliphatic heterocycles. The standard InChI is InChI=1S/C12H17N3O/c13-11(16)15-14-10-4-8-12(9-5-10)6-2-1-3-7-12/h1-2,4,8H,3,5-7,9H2,(H3,13,15,16)/b14-10-/t12-/m1/s1. The predicted octanol–water partition coefficient (Wildman–Crippen LogP) is 2.09. The maximum Gasteiger partial charge on any atom is 0.332 e. The Morgan fingerprint density at radius 2 is 2.31 bits per heavy atom. The molecule has 2 rings (SSSR count). The second-order valence-electron chi connectivity index (χ2n) is 4.49. The molecule has 1 atom stereocenters. The number of urea groups is 1. The molecule has 0 fully saturated rings. The molecule has 3 N–H and O–H groups in total. The quantitative estimate of drug-likeness (QED) is 0.514. The minimum Gasteiger partial charge on any atom is -0.350 e. The Hall–Kier alpha value is -1.58. The molecule has 2 amide bonds. The second kappa shape index (κ2) is 4.51. The predicted molar refractivity (Wildman–Crippen MR) is 64.0 cm³/mol. The highest BCUT2D eigenvalue weighted by molar-refractivity contribution is 5.96. The van der Waals surface area contributed by atoms with Crippen molar-refractivity contribution in [3.63, 3.8) is 0 Å². The van der Waals surface area contributed by atoms with Crippen molar-refractivity contribution < 1.29 is 4.79 Å². The molecule has 0 saturated carbocycles. The molecule has 4 nitrogen and oxygen atoms in total. The first-order chi connectivity index (χ1) is 7.70. The van der Waals surface area contributed by atoms with E-state index in [0.29, 0.717) is 5.41 Å². The van der Waals surface area contributed by atoms with Crippen molar-refractivity contribution >= 4 is 11.7 Å². The Morgan fingerprint density at radius 3 is 2.88 bits per heavy atom. The maximum atomic E-state index is 10.5. The Kier molecular flexibility index (Phi) is 3.08. The average Bonchev–Trinajstić information content (AvgIpc) is 2.29. The number of carbonyl (C=O) groups is 1. The van der Waals surface area contributed by atoms with E-state index in [-0.39, 0.29) is 0 Å². The number of hydrogen-bond donors (Lipinski definition) is 2. The van der Waals surface area contributed by atoms with Gasteiger partial charge < -0.3 is 5.73 Å².